The van der Waals surface area contributed by atoms with E-state index in [0.29, 0.717) is 24.3 Å². The van der Waals surface area contributed by atoms with E-state index in [1.807, 2.05) is 31.2 Å². The maximum Gasteiger partial charge on any atom is 0.254 e. The highest BCUT2D eigenvalue weighted by molar-refractivity contribution is 5.94. The largest absolute Gasteiger partial charge is 0.508 e. The Labute approximate surface area is 124 Å². The number of hydrogen-bond donors (Lipinski definition) is 2. The zero-order valence-corrected chi connectivity index (χ0v) is 12.1. The van der Waals surface area contributed by atoms with E-state index < -0.39 is 0 Å². The van der Waals surface area contributed by atoms with Crippen molar-refractivity contribution in [3.63, 3.8) is 0 Å². The van der Waals surface area contributed by atoms with Gasteiger partial charge in [0.25, 0.3) is 5.91 Å². The van der Waals surface area contributed by atoms with Gasteiger partial charge in [0.05, 0.1) is 0 Å². The number of rotatable bonds is 5. The van der Waals surface area contributed by atoms with E-state index in [4.69, 9.17) is 5.73 Å². The molecule has 0 fully saturated rings. The molecular formula is C17H20N2O2. The van der Waals surface area contributed by atoms with Crippen LogP contribution in [-0.4, -0.2) is 22.5 Å². The Hall–Kier alpha value is -2.49. The van der Waals surface area contributed by atoms with Gasteiger partial charge in [0, 0.05) is 24.3 Å². The van der Waals surface area contributed by atoms with E-state index >= 15 is 0 Å². The summed E-state index contributed by atoms with van der Waals surface area (Å²) in [5, 5.41) is 9.51. The second-order valence-corrected chi connectivity index (χ2v) is 5.02. The van der Waals surface area contributed by atoms with Crippen molar-refractivity contribution in [3.8, 4) is 5.75 Å². The van der Waals surface area contributed by atoms with E-state index in [1.54, 1.807) is 23.1 Å². The first-order chi connectivity index (χ1) is 10.1. The molecule has 0 saturated heterocycles. The van der Waals surface area contributed by atoms with Crippen molar-refractivity contribution in [1.29, 1.82) is 0 Å². The maximum atomic E-state index is 12.5. The molecule has 110 valence electrons. The summed E-state index contributed by atoms with van der Waals surface area (Å²) in [5.74, 6) is 0.0226. The van der Waals surface area contributed by atoms with Crippen LogP contribution in [0.15, 0.2) is 48.5 Å². The smallest absolute Gasteiger partial charge is 0.254 e. The van der Waals surface area contributed by atoms with Crippen molar-refractivity contribution in [2.45, 2.75) is 19.9 Å². The lowest BCUT2D eigenvalue weighted by atomic mass is 10.1. The molecule has 4 heteroatoms. The Bertz CT molecular complexity index is 608. The van der Waals surface area contributed by atoms with Crippen LogP contribution in [0.5, 0.6) is 5.75 Å². The molecule has 0 heterocycles. The first kappa shape index (κ1) is 14.9. The summed E-state index contributed by atoms with van der Waals surface area (Å²) >= 11 is 0. The molecule has 2 rings (SSSR count). The lowest BCUT2D eigenvalue weighted by molar-refractivity contribution is 0.0743. The van der Waals surface area contributed by atoms with Crippen molar-refractivity contribution >= 4 is 11.6 Å². The van der Waals surface area contributed by atoms with Crippen LogP contribution in [0.3, 0.4) is 0 Å². The van der Waals surface area contributed by atoms with Crippen molar-refractivity contribution in [3.05, 3.63) is 59.7 Å². The summed E-state index contributed by atoms with van der Waals surface area (Å²) in [6, 6.07) is 14.0. The third-order valence-electron chi connectivity index (χ3n) is 3.23. The van der Waals surface area contributed by atoms with Gasteiger partial charge >= 0.3 is 0 Å². The van der Waals surface area contributed by atoms with Crippen LogP contribution in [0.25, 0.3) is 0 Å². The number of amides is 1. The van der Waals surface area contributed by atoms with Gasteiger partial charge in [0.2, 0.25) is 0 Å². The topological polar surface area (TPSA) is 66.6 Å². The number of nitrogen functional groups attached to an aromatic ring is 1. The van der Waals surface area contributed by atoms with Gasteiger partial charge in [-0.1, -0.05) is 25.1 Å². The molecule has 0 bridgehead atoms. The van der Waals surface area contributed by atoms with Crippen molar-refractivity contribution in [2.24, 2.45) is 0 Å². The first-order valence-electron chi connectivity index (χ1n) is 7.03. The summed E-state index contributed by atoms with van der Waals surface area (Å²) in [4.78, 5) is 14.3. The Morgan fingerprint density at radius 2 is 1.90 bits per heavy atom. The number of phenols is 1. The molecule has 21 heavy (non-hydrogen) atoms. The molecule has 0 spiro atoms. The van der Waals surface area contributed by atoms with E-state index in [2.05, 4.69) is 0 Å². The average molecular weight is 284 g/mol. The third kappa shape index (κ3) is 3.99. The van der Waals surface area contributed by atoms with Crippen LogP contribution < -0.4 is 5.73 Å². The molecule has 2 aromatic carbocycles. The molecule has 4 nitrogen and oxygen atoms in total. The van der Waals surface area contributed by atoms with Crippen LogP contribution in [0, 0.1) is 0 Å². The second kappa shape index (κ2) is 6.79. The minimum absolute atomic E-state index is 0.0791. The molecule has 0 aliphatic heterocycles. The van der Waals surface area contributed by atoms with E-state index in [1.165, 1.54) is 6.07 Å². The predicted molar refractivity (Wildman–Crippen MR) is 84.0 cm³/mol. The minimum Gasteiger partial charge on any atom is -0.508 e. The summed E-state index contributed by atoms with van der Waals surface area (Å²) in [5.41, 5.74) is 7.92. The van der Waals surface area contributed by atoms with E-state index in [0.717, 1.165) is 12.0 Å². The van der Waals surface area contributed by atoms with Gasteiger partial charge in [0.1, 0.15) is 5.75 Å². The van der Waals surface area contributed by atoms with Gasteiger partial charge in [-0.25, -0.2) is 0 Å². The zero-order valence-electron chi connectivity index (χ0n) is 12.1. The molecule has 0 atom stereocenters. The summed E-state index contributed by atoms with van der Waals surface area (Å²) < 4.78 is 0. The number of carbonyl (C=O) groups excluding carboxylic acids is 1. The van der Waals surface area contributed by atoms with Crippen molar-refractivity contribution < 1.29 is 9.90 Å². The highest BCUT2D eigenvalue weighted by atomic mass is 16.3. The van der Waals surface area contributed by atoms with Gasteiger partial charge in [-0.05, 0) is 42.3 Å². The molecule has 0 unspecified atom stereocenters. The van der Waals surface area contributed by atoms with Crippen LogP contribution in [0.2, 0.25) is 0 Å². The van der Waals surface area contributed by atoms with Gasteiger partial charge in [-0.2, -0.15) is 0 Å². The van der Waals surface area contributed by atoms with Crippen molar-refractivity contribution in [2.75, 3.05) is 12.3 Å². The minimum atomic E-state index is -0.0791. The van der Waals surface area contributed by atoms with E-state index in [-0.39, 0.29) is 11.7 Å². The predicted octanol–water partition coefficient (Wildman–Crippen LogP) is 3.03. The summed E-state index contributed by atoms with van der Waals surface area (Å²) in [6.45, 7) is 3.23. The number of phenolic OH excluding ortho intramolecular Hbond substituents is 1. The summed E-state index contributed by atoms with van der Waals surface area (Å²) in [7, 11) is 0. The molecule has 0 radical (unpaired) electrons. The lowest BCUT2D eigenvalue weighted by Gasteiger charge is -2.22. The Balaban J connectivity index is 2.18. The molecule has 0 aromatic heterocycles. The van der Waals surface area contributed by atoms with Crippen LogP contribution >= 0.6 is 0 Å². The molecular weight excluding hydrogens is 264 g/mol. The number of nitrogens with two attached hydrogens (primary N) is 1. The van der Waals surface area contributed by atoms with Gasteiger partial charge in [0.15, 0.2) is 0 Å². The van der Waals surface area contributed by atoms with Crippen molar-refractivity contribution in [1.82, 2.24) is 4.90 Å². The van der Waals surface area contributed by atoms with Gasteiger partial charge in [-0.15, -0.1) is 0 Å². The van der Waals surface area contributed by atoms with Crippen LogP contribution in [0.1, 0.15) is 29.3 Å². The van der Waals surface area contributed by atoms with Crippen LogP contribution in [0.4, 0.5) is 5.69 Å². The van der Waals surface area contributed by atoms with E-state index in [9.17, 15) is 9.90 Å². The fourth-order valence-corrected chi connectivity index (χ4v) is 2.19. The summed E-state index contributed by atoms with van der Waals surface area (Å²) in [6.07, 6.45) is 0.875. The number of aromatic hydroxyl groups is 1. The quantitative estimate of drug-likeness (QED) is 0.829. The number of anilines is 1. The molecule has 0 saturated carbocycles. The second-order valence-electron chi connectivity index (χ2n) is 5.02. The highest BCUT2D eigenvalue weighted by Gasteiger charge is 2.15. The third-order valence-corrected chi connectivity index (χ3v) is 3.23. The average Bonchev–Trinajstić information content (AvgIpc) is 2.48. The fourth-order valence-electron chi connectivity index (χ4n) is 2.19. The number of benzene rings is 2. The highest BCUT2D eigenvalue weighted by Crippen LogP contribution is 2.16. The normalized spacial score (nSPS) is 10.3. The molecule has 2 aromatic rings. The molecule has 3 N–H and O–H groups in total. The Morgan fingerprint density at radius 3 is 2.52 bits per heavy atom. The van der Waals surface area contributed by atoms with Crippen LogP contribution in [-0.2, 0) is 6.54 Å². The number of nitrogens with zero attached hydrogens (tertiary/aromatic N) is 1. The zero-order chi connectivity index (χ0) is 15.2. The SMILES string of the molecule is CCCN(Cc1ccc(N)cc1)C(=O)c1cccc(O)c1. The standard InChI is InChI=1S/C17H20N2O2/c1-2-10-19(12-13-6-8-15(18)9-7-13)17(21)14-4-3-5-16(20)11-14/h3-9,11,20H,2,10,12,18H2,1H3. The Morgan fingerprint density at radius 1 is 1.19 bits per heavy atom. The monoisotopic (exact) mass is 284 g/mol. The lowest BCUT2D eigenvalue weighted by Crippen LogP contribution is -2.31. The van der Waals surface area contributed by atoms with Gasteiger partial charge < -0.3 is 15.7 Å². The molecule has 0 aliphatic rings. The van der Waals surface area contributed by atoms with Gasteiger partial charge in [-0.3, -0.25) is 4.79 Å². The first-order valence-corrected chi connectivity index (χ1v) is 7.03. The molecule has 0 aliphatic carbocycles. The number of carbonyl (C=O) groups is 1. The fraction of sp³-hybridized carbons (Fsp3) is 0.235. The molecule has 1 amide bonds. The maximum absolute atomic E-state index is 12.5. The Kier molecular flexibility index (Phi) is 4.82. The number of hydrogen-bond acceptors (Lipinski definition) is 3.